The highest BCUT2D eigenvalue weighted by atomic mass is 35.5. The molecule has 8 heteroatoms. The van der Waals surface area contributed by atoms with Crippen LogP contribution >= 0.6 is 11.6 Å². The predicted octanol–water partition coefficient (Wildman–Crippen LogP) is 2.45. The highest BCUT2D eigenvalue weighted by Gasteiger charge is 2.31. The van der Waals surface area contributed by atoms with Crippen LogP contribution in [0.1, 0.15) is 5.76 Å². The number of rotatable bonds is 5. The molecule has 130 valence electrons. The molecule has 0 bridgehead atoms. The Morgan fingerprint density at radius 2 is 1.96 bits per heavy atom. The van der Waals surface area contributed by atoms with Crippen LogP contribution in [-0.2, 0) is 16.6 Å². The van der Waals surface area contributed by atoms with E-state index < -0.39 is 10.0 Å². The first kappa shape index (κ1) is 17.3. The fraction of sp³-hybridized carbons (Fsp3) is 0.375. The van der Waals surface area contributed by atoms with E-state index in [0.717, 1.165) is 5.76 Å². The van der Waals surface area contributed by atoms with Gasteiger partial charge in [-0.25, -0.2) is 8.42 Å². The average molecular weight is 371 g/mol. The van der Waals surface area contributed by atoms with Crippen molar-refractivity contribution >= 4 is 21.6 Å². The summed E-state index contributed by atoms with van der Waals surface area (Å²) in [6.07, 6.45) is 1.64. The van der Waals surface area contributed by atoms with Gasteiger partial charge in [0, 0.05) is 31.2 Å². The first-order valence-electron chi connectivity index (χ1n) is 7.59. The third-order valence-electron chi connectivity index (χ3n) is 4.03. The number of sulfonamides is 1. The molecule has 0 amide bonds. The van der Waals surface area contributed by atoms with E-state index in [1.54, 1.807) is 18.4 Å². The van der Waals surface area contributed by atoms with Gasteiger partial charge in [-0.15, -0.1) is 0 Å². The van der Waals surface area contributed by atoms with Crippen LogP contribution in [0.25, 0.3) is 0 Å². The average Bonchev–Trinajstić information content (AvgIpc) is 3.08. The quantitative estimate of drug-likeness (QED) is 0.809. The molecule has 0 saturated carbocycles. The molecule has 0 atom stereocenters. The summed E-state index contributed by atoms with van der Waals surface area (Å²) in [7, 11) is -2.19. The second kappa shape index (κ2) is 7.14. The molecule has 0 unspecified atom stereocenters. The largest absolute Gasteiger partial charge is 0.495 e. The summed E-state index contributed by atoms with van der Waals surface area (Å²) in [4.78, 5) is 2.28. The lowest BCUT2D eigenvalue weighted by Crippen LogP contribution is -2.48. The van der Waals surface area contributed by atoms with Crippen molar-refractivity contribution in [2.24, 2.45) is 0 Å². The molecule has 0 N–H and O–H groups in total. The van der Waals surface area contributed by atoms with Crippen molar-refractivity contribution in [1.82, 2.24) is 9.21 Å². The van der Waals surface area contributed by atoms with E-state index in [4.69, 9.17) is 20.8 Å². The molecule has 1 aromatic carbocycles. The van der Waals surface area contributed by atoms with Crippen LogP contribution < -0.4 is 4.74 Å². The van der Waals surface area contributed by atoms with Crippen molar-refractivity contribution in [3.05, 3.63) is 47.4 Å². The summed E-state index contributed by atoms with van der Waals surface area (Å²) in [5.74, 6) is 1.18. The number of hydrogen-bond acceptors (Lipinski definition) is 5. The molecule has 1 aliphatic heterocycles. The van der Waals surface area contributed by atoms with Gasteiger partial charge in [0.05, 0.1) is 19.9 Å². The molecule has 24 heavy (non-hydrogen) atoms. The standard InChI is InChI=1S/C16H19ClN2O4S/c1-22-15-5-4-13(17)11-16(15)24(20,21)19-8-6-18(7-9-19)12-14-3-2-10-23-14/h2-5,10-11H,6-9,12H2,1H3. The minimum atomic E-state index is -3.64. The van der Waals surface area contributed by atoms with E-state index in [9.17, 15) is 8.42 Å². The number of nitrogens with zero attached hydrogens (tertiary/aromatic N) is 2. The lowest BCUT2D eigenvalue weighted by Gasteiger charge is -2.33. The van der Waals surface area contributed by atoms with Crippen LogP contribution in [0.5, 0.6) is 5.75 Å². The number of furan rings is 1. The molecular weight excluding hydrogens is 352 g/mol. The van der Waals surface area contributed by atoms with Crippen molar-refractivity contribution in [3.8, 4) is 5.75 Å². The fourth-order valence-corrected chi connectivity index (χ4v) is 4.58. The number of hydrogen-bond donors (Lipinski definition) is 0. The van der Waals surface area contributed by atoms with Gasteiger partial charge in [-0.05, 0) is 30.3 Å². The fourth-order valence-electron chi connectivity index (χ4n) is 2.74. The molecule has 2 aromatic rings. The molecule has 2 heterocycles. The molecular formula is C16H19ClN2O4S. The van der Waals surface area contributed by atoms with Crippen molar-refractivity contribution in [2.75, 3.05) is 33.3 Å². The Balaban J connectivity index is 1.72. The van der Waals surface area contributed by atoms with E-state index in [-0.39, 0.29) is 4.90 Å². The van der Waals surface area contributed by atoms with Gasteiger partial charge in [0.15, 0.2) is 0 Å². The third kappa shape index (κ3) is 3.59. The number of ether oxygens (including phenoxy) is 1. The third-order valence-corrected chi connectivity index (χ3v) is 6.19. The Kier molecular flexibility index (Phi) is 5.15. The zero-order chi connectivity index (χ0) is 17.2. The normalized spacial score (nSPS) is 17.1. The summed E-state index contributed by atoms with van der Waals surface area (Å²) in [5.41, 5.74) is 0. The molecule has 0 aliphatic carbocycles. The Bertz CT molecular complexity index is 784. The Morgan fingerprint density at radius 1 is 1.21 bits per heavy atom. The maximum atomic E-state index is 12.9. The van der Waals surface area contributed by atoms with Gasteiger partial charge in [-0.1, -0.05) is 11.6 Å². The Morgan fingerprint density at radius 3 is 2.58 bits per heavy atom. The van der Waals surface area contributed by atoms with E-state index in [1.165, 1.54) is 17.5 Å². The van der Waals surface area contributed by atoms with E-state index in [0.29, 0.717) is 43.5 Å². The maximum absolute atomic E-state index is 12.9. The van der Waals surface area contributed by atoms with Crippen LogP contribution in [-0.4, -0.2) is 50.9 Å². The summed E-state index contributed by atoms with van der Waals surface area (Å²) in [6.45, 7) is 2.80. The lowest BCUT2D eigenvalue weighted by molar-refractivity contribution is 0.171. The minimum Gasteiger partial charge on any atom is -0.495 e. The topological polar surface area (TPSA) is 63.0 Å². The SMILES string of the molecule is COc1ccc(Cl)cc1S(=O)(=O)N1CCN(Cc2ccco2)CC1. The molecule has 1 saturated heterocycles. The monoisotopic (exact) mass is 370 g/mol. The van der Waals surface area contributed by atoms with Gasteiger partial charge in [0.25, 0.3) is 0 Å². The molecule has 0 spiro atoms. The van der Waals surface area contributed by atoms with Crippen LogP contribution in [0.15, 0.2) is 45.9 Å². The van der Waals surface area contributed by atoms with Crippen molar-refractivity contribution in [2.45, 2.75) is 11.4 Å². The Labute approximate surface area is 146 Å². The second-order valence-corrected chi connectivity index (χ2v) is 7.90. The van der Waals surface area contributed by atoms with Gasteiger partial charge in [0.2, 0.25) is 10.0 Å². The number of piperazine rings is 1. The number of benzene rings is 1. The molecule has 0 radical (unpaired) electrons. The minimum absolute atomic E-state index is 0.108. The molecule has 1 aliphatic rings. The van der Waals surface area contributed by atoms with Gasteiger partial charge >= 0.3 is 0 Å². The van der Waals surface area contributed by atoms with Gasteiger partial charge in [-0.3, -0.25) is 4.90 Å². The van der Waals surface area contributed by atoms with Gasteiger partial charge in [0.1, 0.15) is 16.4 Å². The molecule has 1 aromatic heterocycles. The van der Waals surface area contributed by atoms with E-state index in [1.807, 2.05) is 12.1 Å². The maximum Gasteiger partial charge on any atom is 0.246 e. The van der Waals surface area contributed by atoms with Crippen LogP contribution in [0, 0.1) is 0 Å². The van der Waals surface area contributed by atoms with Crippen molar-refractivity contribution in [1.29, 1.82) is 0 Å². The molecule has 1 fully saturated rings. The van der Waals surface area contributed by atoms with E-state index in [2.05, 4.69) is 4.90 Å². The van der Waals surface area contributed by atoms with Gasteiger partial charge < -0.3 is 9.15 Å². The first-order valence-corrected chi connectivity index (χ1v) is 9.41. The smallest absolute Gasteiger partial charge is 0.246 e. The zero-order valence-corrected chi connectivity index (χ0v) is 14.9. The zero-order valence-electron chi connectivity index (χ0n) is 13.3. The number of methoxy groups -OCH3 is 1. The van der Waals surface area contributed by atoms with Crippen LogP contribution in [0.3, 0.4) is 0 Å². The first-order chi connectivity index (χ1) is 11.5. The Hall–Kier alpha value is -1.54. The molecule has 6 nitrogen and oxygen atoms in total. The lowest BCUT2D eigenvalue weighted by atomic mass is 10.3. The van der Waals surface area contributed by atoms with E-state index >= 15 is 0 Å². The summed E-state index contributed by atoms with van der Waals surface area (Å²) >= 11 is 5.96. The van der Waals surface area contributed by atoms with Crippen molar-refractivity contribution in [3.63, 3.8) is 0 Å². The highest BCUT2D eigenvalue weighted by Crippen LogP contribution is 2.30. The van der Waals surface area contributed by atoms with Crippen LogP contribution in [0.2, 0.25) is 5.02 Å². The predicted molar refractivity (Wildman–Crippen MR) is 90.7 cm³/mol. The summed E-state index contributed by atoms with van der Waals surface area (Å²) < 4.78 is 37.8. The molecule has 3 rings (SSSR count). The summed E-state index contributed by atoms with van der Waals surface area (Å²) in [6, 6.07) is 8.38. The number of halogens is 1. The van der Waals surface area contributed by atoms with Crippen molar-refractivity contribution < 1.29 is 17.6 Å². The summed E-state index contributed by atoms with van der Waals surface area (Å²) in [5, 5.41) is 0.367. The van der Waals surface area contributed by atoms with Crippen LogP contribution in [0.4, 0.5) is 0 Å². The highest BCUT2D eigenvalue weighted by molar-refractivity contribution is 7.89. The van der Waals surface area contributed by atoms with Gasteiger partial charge in [-0.2, -0.15) is 4.31 Å². The second-order valence-electron chi connectivity index (χ2n) is 5.55.